The highest BCUT2D eigenvalue weighted by atomic mass is 79.9. The van der Waals surface area contributed by atoms with Gasteiger partial charge in [-0.3, -0.25) is 0 Å². The van der Waals surface area contributed by atoms with Crippen molar-refractivity contribution in [2.45, 2.75) is 32.2 Å². The Morgan fingerprint density at radius 3 is 2.82 bits per heavy atom. The second-order valence-electron chi connectivity index (χ2n) is 4.76. The Morgan fingerprint density at radius 1 is 1.53 bits per heavy atom. The Labute approximate surface area is 109 Å². The van der Waals surface area contributed by atoms with E-state index in [1.54, 1.807) is 12.1 Å². The molecule has 1 aliphatic rings. The monoisotopic (exact) mass is 297 g/mol. The molecular weight excluding hydrogens is 282 g/mol. The molecule has 0 bridgehead atoms. The minimum absolute atomic E-state index is 0.306. The van der Waals surface area contributed by atoms with Crippen LogP contribution in [0.1, 0.15) is 36.5 Å². The van der Waals surface area contributed by atoms with Gasteiger partial charge < -0.3 is 10.4 Å². The molecule has 4 heteroatoms. The zero-order valence-electron chi connectivity index (χ0n) is 9.74. The average Bonchev–Trinajstić information content (AvgIpc) is 3.00. The Bertz CT molecular complexity index is 429. The number of benzene rings is 1. The van der Waals surface area contributed by atoms with Crippen LogP contribution in [0.25, 0.3) is 0 Å². The molecule has 1 unspecified atom stereocenters. The van der Waals surface area contributed by atoms with E-state index in [1.165, 1.54) is 12.8 Å². The van der Waals surface area contributed by atoms with E-state index in [4.69, 9.17) is 5.11 Å². The maximum Gasteiger partial charge on any atom is 0.335 e. The second-order valence-corrected chi connectivity index (χ2v) is 5.67. The smallest absolute Gasteiger partial charge is 0.335 e. The van der Waals surface area contributed by atoms with E-state index in [-0.39, 0.29) is 0 Å². The number of aromatic carboxylic acids is 1. The Hall–Kier alpha value is -1.03. The number of halogens is 1. The molecule has 0 aliphatic heterocycles. The first-order valence-corrected chi connectivity index (χ1v) is 6.64. The number of nitrogens with one attached hydrogen (secondary N) is 1. The van der Waals surface area contributed by atoms with Gasteiger partial charge in [0.25, 0.3) is 0 Å². The van der Waals surface area contributed by atoms with Gasteiger partial charge in [0.1, 0.15) is 0 Å². The van der Waals surface area contributed by atoms with Crippen LogP contribution in [-0.2, 0) is 0 Å². The van der Waals surface area contributed by atoms with Crippen molar-refractivity contribution in [1.29, 1.82) is 0 Å². The molecule has 0 heterocycles. The summed E-state index contributed by atoms with van der Waals surface area (Å²) >= 11 is 3.33. The topological polar surface area (TPSA) is 49.3 Å². The van der Waals surface area contributed by atoms with Crippen LogP contribution < -0.4 is 5.32 Å². The van der Waals surface area contributed by atoms with Crippen LogP contribution in [0.15, 0.2) is 22.7 Å². The van der Waals surface area contributed by atoms with Crippen molar-refractivity contribution in [1.82, 2.24) is 0 Å². The zero-order chi connectivity index (χ0) is 12.4. The third-order valence-corrected chi connectivity index (χ3v) is 3.40. The summed E-state index contributed by atoms with van der Waals surface area (Å²) < 4.78 is 0.790. The fourth-order valence-corrected chi connectivity index (χ4v) is 2.49. The van der Waals surface area contributed by atoms with Crippen LogP contribution in [0.5, 0.6) is 0 Å². The summed E-state index contributed by atoms with van der Waals surface area (Å²) in [6, 6.07) is 5.59. The zero-order valence-corrected chi connectivity index (χ0v) is 11.3. The lowest BCUT2D eigenvalue weighted by Crippen LogP contribution is -2.16. The molecule has 2 rings (SSSR count). The first-order chi connectivity index (χ1) is 8.04. The van der Waals surface area contributed by atoms with Crippen molar-refractivity contribution in [3.8, 4) is 0 Å². The molecule has 0 amide bonds. The van der Waals surface area contributed by atoms with E-state index in [0.29, 0.717) is 11.6 Å². The minimum atomic E-state index is -0.899. The third kappa shape index (κ3) is 3.73. The predicted octanol–water partition coefficient (Wildman–Crippen LogP) is 3.75. The normalized spacial score (nSPS) is 16.6. The number of rotatable bonds is 5. The van der Waals surface area contributed by atoms with E-state index in [2.05, 4.69) is 28.2 Å². The molecule has 1 aromatic rings. The molecule has 0 radical (unpaired) electrons. The van der Waals surface area contributed by atoms with Crippen molar-refractivity contribution >= 4 is 27.6 Å². The molecule has 92 valence electrons. The SMILES string of the molecule is CC(CC1CC1)Nc1cc(Br)cc(C(=O)O)c1. The highest BCUT2D eigenvalue weighted by Crippen LogP contribution is 2.34. The van der Waals surface area contributed by atoms with Crippen LogP contribution in [-0.4, -0.2) is 17.1 Å². The number of carboxylic acid groups (broad SMARTS) is 1. The molecule has 1 atom stereocenters. The van der Waals surface area contributed by atoms with Crippen LogP contribution in [0.2, 0.25) is 0 Å². The van der Waals surface area contributed by atoms with Crippen molar-refractivity contribution in [3.05, 3.63) is 28.2 Å². The molecule has 1 fully saturated rings. The molecule has 0 saturated heterocycles. The van der Waals surface area contributed by atoms with Gasteiger partial charge in [0.2, 0.25) is 0 Å². The van der Waals surface area contributed by atoms with Crippen LogP contribution in [0, 0.1) is 5.92 Å². The molecule has 0 aromatic heterocycles. The van der Waals surface area contributed by atoms with Gasteiger partial charge >= 0.3 is 5.97 Å². The summed E-state index contributed by atoms with van der Waals surface area (Å²) in [6.45, 7) is 2.14. The molecule has 1 saturated carbocycles. The van der Waals surface area contributed by atoms with Gasteiger partial charge in [0.15, 0.2) is 0 Å². The van der Waals surface area contributed by atoms with Crippen LogP contribution in [0.4, 0.5) is 5.69 Å². The molecule has 17 heavy (non-hydrogen) atoms. The standard InChI is InChI=1S/C13H16BrNO2/c1-8(4-9-2-3-9)15-12-6-10(13(16)17)5-11(14)7-12/h5-9,15H,2-4H2,1H3,(H,16,17). The lowest BCUT2D eigenvalue weighted by atomic mass is 10.1. The van der Waals surface area contributed by atoms with Gasteiger partial charge in [-0.1, -0.05) is 28.8 Å². The minimum Gasteiger partial charge on any atom is -0.478 e. The van der Waals surface area contributed by atoms with Gasteiger partial charge in [-0.15, -0.1) is 0 Å². The Kier molecular flexibility index (Phi) is 3.72. The van der Waals surface area contributed by atoms with Gasteiger partial charge in [-0.25, -0.2) is 4.79 Å². The third-order valence-electron chi connectivity index (χ3n) is 2.94. The summed E-state index contributed by atoms with van der Waals surface area (Å²) in [5.41, 5.74) is 1.17. The molecule has 0 spiro atoms. The lowest BCUT2D eigenvalue weighted by Gasteiger charge is -2.15. The lowest BCUT2D eigenvalue weighted by molar-refractivity contribution is 0.0697. The summed E-state index contributed by atoms with van der Waals surface area (Å²) in [7, 11) is 0. The largest absolute Gasteiger partial charge is 0.478 e. The fourth-order valence-electron chi connectivity index (χ4n) is 1.99. The Balaban J connectivity index is 2.05. The molecule has 2 N–H and O–H groups in total. The van der Waals surface area contributed by atoms with E-state index < -0.39 is 5.97 Å². The van der Waals surface area contributed by atoms with E-state index >= 15 is 0 Å². The van der Waals surface area contributed by atoms with Gasteiger partial charge in [0.05, 0.1) is 5.56 Å². The van der Waals surface area contributed by atoms with E-state index in [1.807, 2.05) is 6.07 Å². The highest BCUT2D eigenvalue weighted by Gasteiger charge is 2.23. The van der Waals surface area contributed by atoms with E-state index in [9.17, 15) is 4.79 Å². The second kappa shape index (κ2) is 5.08. The Morgan fingerprint density at radius 2 is 2.24 bits per heavy atom. The number of hydrogen-bond acceptors (Lipinski definition) is 2. The van der Waals surface area contributed by atoms with E-state index in [0.717, 1.165) is 22.5 Å². The first kappa shape index (κ1) is 12.4. The van der Waals surface area contributed by atoms with Crippen LogP contribution in [0.3, 0.4) is 0 Å². The molecule has 1 aliphatic carbocycles. The summed E-state index contributed by atoms with van der Waals surface area (Å²) in [5, 5.41) is 12.3. The number of carboxylic acids is 1. The summed E-state index contributed by atoms with van der Waals surface area (Å²) in [4.78, 5) is 10.9. The van der Waals surface area contributed by atoms with Crippen molar-refractivity contribution < 1.29 is 9.90 Å². The summed E-state index contributed by atoms with van der Waals surface area (Å²) in [6.07, 6.45) is 3.84. The van der Waals surface area contributed by atoms with Gasteiger partial charge in [-0.05, 0) is 37.5 Å². The maximum absolute atomic E-state index is 10.9. The number of carbonyl (C=O) groups is 1. The number of anilines is 1. The predicted molar refractivity (Wildman–Crippen MR) is 71.5 cm³/mol. The number of hydrogen-bond donors (Lipinski definition) is 2. The summed E-state index contributed by atoms with van der Waals surface area (Å²) in [5.74, 6) is -0.0345. The van der Waals surface area contributed by atoms with Gasteiger partial charge in [-0.2, -0.15) is 0 Å². The average molecular weight is 298 g/mol. The van der Waals surface area contributed by atoms with Crippen LogP contribution >= 0.6 is 15.9 Å². The quantitative estimate of drug-likeness (QED) is 0.870. The molecular formula is C13H16BrNO2. The van der Waals surface area contributed by atoms with Gasteiger partial charge in [0, 0.05) is 16.2 Å². The van der Waals surface area contributed by atoms with Crippen molar-refractivity contribution in [2.75, 3.05) is 5.32 Å². The molecule has 1 aromatic carbocycles. The fraction of sp³-hybridized carbons (Fsp3) is 0.462. The highest BCUT2D eigenvalue weighted by molar-refractivity contribution is 9.10. The van der Waals surface area contributed by atoms with Crippen molar-refractivity contribution in [3.63, 3.8) is 0 Å². The first-order valence-electron chi connectivity index (χ1n) is 5.85. The van der Waals surface area contributed by atoms with Crippen molar-refractivity contribution in [2.24, 2.45) is 5.92 Å². The molecule has 3 nitrogen and oxygen atoms in total. The maximum atomic E-state index is 10.9.